The van der Waals surface area contributed by atoms with Crippen LogP contribution in [0.3, 0.4) is 0 Å². The minimum Gasteiger partial charge on any atom is -0.274 e. The van der Waals surface area contributed by atoms with Gasteiger partial charge in [-0.15, -0.1) is 0 Å². The Bertz CT molecular complexity index is 1310. The predicted octanol–water partition coefficient (Wildman–Crippen LogP) is 4.98. The first-order valence-electron chi connectivity index (χ1n) is 11.1. The van der Waals surface area contributed by atoms with Crippen LogP contribution in [-0.2, 0) is 9.59 Å². The lowest BCUT2D eigenvalue weighted by Gasteiger charge is -2.22. The molecule has 0 radical (unpaired) electrons. The third kappa shape index (κ3) is 2.76. The molecule has 0 unspecified atom stereocenters. The van der Waals surface area contributed by atoms with Gasteiger partial charge in [0.1, 0.15) is 6.07 Å². The number of carbonyl (C=O) groups is 2. The molecule has 4 atom stereocenters. The molecular formula is C29H20N2O2. The molecule has 4 heteroatoms. The number of benzene rings is 3. The van der Waals surface area contributed by atoms with Crippen molar-refractivity contribution in [2.24, 2.45) is 23.7 Å². The summed E-state index contributed by atoms with van der Waals surface area (Å²) < 4.78 is 0. The molecule has 0 aromatic heterocycles. The van der Waals surface area contributed by atoms with E-state index in [1.807, 2.05) is 36.4 Å². The number of allylic oxidation sites excluding steroid dienone is 3. The molecule has 2 fully saturated rings. The van der Waals surface area contributed by atoms with E-state index in [0.717, 1.165) is 22.3 Å². The molecule has 6 rings (SSSR count). The zero-order valence-corrected chi connectivity index (χ0v) is 17.8. The first kappa shape index (κ1) is 19.5. The van der Waals surface area contributed by atoms with Crippen molar-refractivity contribution < 1.29 is 9.59 Å². The third-order valence-corrected chi connectivity index (χ3v) is 7.09. The standard InChI is InChI=1S/C29H20N2O2/c30-17-20-13-7-8-14-23(20)31-28(32)26-21-15-16-22(27(26)29(31)33)25(21)24(18-9-3-1-4-10-18)19-11-5-2-6-12-19/h1-16,21-22,26-27H/t21-,22-,26-,27+/m0/s1. The Labute approximate surface area is 192 Å². The van der Waals surface area contributed by atoms with E-state index >= 15 is 0 Å². The van der Waals surface area contributed by atoms with Gasteiger partial charge in [-0.05, 0) is 34.4 Å². The second-order valence-electron chi connectivity index (χ2n) is 8.69. The topological polar surface area (TPSA) is 61.2 Å². The van der Waals surface area contributed by atoms with Crippen molar-refractivity contribution in [1.82, 2.24) is 0 Å². The van der Waals surface area contributed by atoms with Gasteiger partial charge in [0.2, 0.25) is 11.8 Å². The number of hydrogen-bond donors (Lipinski definition) is 0. The Hall–Kier alpha value is -4.23. The van der Waals surface area contributed by atoms with Gasteiger partial charge in [0.15, 0.2) is 0 Å². The number of nitriles is 1. The Balaban J connectivity index is 1.50. The van der Waals surface area contributed by atoms with Crippen molar-refractivity contribution in [2.45, 2.75) is 0 Å². The average molecular weight is 428 g/mol. The fraction of sp³-hybridized carbons (Fsp3) is 0.138. The van der Waals surface area contributed by atoms with E-state index in [9.17, 15) is 14.9 Å². The lowest BCUT2D eigenvalue weighted by Crippen LogP contribution is -2.33. The molecule has 158 valence electrons. The van der Waals surface area contributed by atoms with Crippen molar-refractivity contribution in [2.75, 3.05) is 4.90 Å². The lowest BCUT2D eigenvalue weighted by molar-refractivity contribution is -0.122. The molecule has 1 heterocycles. The minimum absolute atomic E-state index is 0.133. The smallest absolute Gasteiger partial charge is 0.238 e. The van der Waals surface area contributed by atoms with Crippen LogP contribution in [0.4, 0.5) is 5.69 Å². The van der Waals surface area contributed by atoms with Gasteiger partial charge < -0.3 is 0 Å². The predicted molar refractivity (Wildman–Crippen MR) is 126 cm³/mol. The van der Waals surface area contributed by atoms with Crippen LogP contribution in [0, 0.1) is 35.0 Å². The van der Waals surface area contributed by atoms with Crippen LogP contribution < -0.4 is 4.90 Å². The van der Waals surface area contributed by atoms with Crippen molar-refractivity contribution >= 4 is 23.1 Å². The largest absolute Gasteiger partial charge is 0.274 e. The molecule has 1 saturated carbocycles. The maximum Gasteiger partial charge on any atom is 0.238 e. The molecule has 1 saturated heterocycles. The number of rotatable bonds is 3. The molecule has 0 N–H and O–H groups in total. The van der Waals surface area contributed by atoms with Crippen molar-refractivity contribution in [3.8, 4) is 6.07 Å². The van der Waals surface area contributed by atoms with Crippen LogP contribution >= 0.6 is 0 Å². The SMILES string of the molecule is N#Cc1ccccc1N1C(=O)[C@@H]2[C@H](C1=O)[C@H]1C=C[C@H]2C1=C(c1ccccc1)c1ccccc1. The average Bonchev–Trinajstić information content (AvgIpc) is 3.50. The fourth-order valence-electron chi connectivity index (χ4n) is 5.81. The monoisotopic (exact) mass is 428 g/mol. The maximum absolute atomic E-state index is 13.6. The molecular weight excluding hydrogens is 408 g/mol. The van der Waals surface area contributed by atoms with Gasteiger partial charge in [-0.25, -0.2) is 4.90 Å². The van der Waals surface area contributed by atoms with E-state index in [1.165, 1.54) is 4.90 Å². The summed E-state index contributed by atoms with van der Waals surface area (Å²) in [6, 6.07) is 29.3. The van der Waals surface area contributed by atoms with Crippen LogP contribution in [0.5, 0.6) is 0 Å². The number of hydrogen-bond acceptors (Lipinski definition) is 3. The third-order valence-electron chi connectivity index (χ3n) is 7.09. The highest BCUT2D eigenvalue weighted by Gasteiger charge is 2.62. The molecule has 33 heavy (non-hydrogen) atoms. The van der Waals surface area contributed by atoms with Crippen LogP contribution in [0.1, 0.15) is 16.7 Å². The summed E-state index contributed by atoms with van der Waals surface area (Å²) >= 11 is 0. The van der Waals surface area contributed by atoms with E-state index in [-0.39, 0.29) is 23.7 Å². The second-order valence-corrected chi connectivity index (χ2v) is 8.69. The molecule has 3 aromatic rings. The van der Waals surface area contributed by atoms with Crippen LogP contribution in [-0.4, -0.2) is 11.8 Å². The Morgan fingerprint density at radius 3 is 1.70 bits per heavy atom. The molecule has 4 nitrogen and oxygen atoms in total. The van der Waals surface area contributed by atoms with Gasteiger partial charge in [-0.3, -0.25) is 9.59 Å². The summed E-state index contributed by atoms with van der Waals surface area (Å²) in [6.07, 6.45) is 4.19. The maximum atomic E-state index is 13.6. The number of nitrogens with zero attached hydrogens (tertiary/aromatic N) is 2. The second kappa shape index (κ2) is 7.43. The Morgan fingerprint density at radius 1 is 0.697 bits per heavy atom. The zero-order valence-electron chi connectivity index (χ0n) is 17.8. The molecule has 2 bridgehead atoms. The van der Waals surface area contributed by atoms with Crippen LogP contribution in [0.15, 0.2) is 103 Å². The number of para-hydroxylation sites is 1. The van der Waals surface area contributed by atoms with E-state index in [2.05, 4.69) is 42.5 Å². The molecule has 2 aliphatic carbocycles. The lowest BCUT2D eigenvalue weighted by atomic mass is 9.85. The highest BCUT2D eigenvalue weighted by molar-refractivity contribution is 6.24. The van der Waals surface area contributed by atoms with Crippen LogP contribution in [0.25, 0.3) is 5.57 Å². The highest BCUT2D eigenvalue weighted by Crippen LogP contribution is 2.59. The quantitative estimate of drug-likeness (QED) is 0.437. The summed E-state index contributed by atoms with van der Waals surface area (Å²) in [5, 5.41) is 9.52. The number of anilines is 1. The van der Waals surface area contributed by atoms with E-state index < -0.39 is 11.8 Å². The summed E-state index contributed by atoms with van der Waals surface area (Å²) in [5.74, 6) is -1.55. The normalized spacial score (nSPS) is 24.8. The summed E-state index contributed by atoms with van der Waals surface area (Å²) in [6.45, 7) is 0. The van der Waals surface area contributed by atoms with Crippen molar-refractivity contribution in [3.63, 3.8) is 0 Å². The minimum atomic E-state index is -0.434. The zero-order chi connectivity index (χ0) is 22.5. The van der Waals surface area contributed by atoms with Gasteiger partial charge in [0, 0.05) is 11.8 Å². The van der Waals surface area contributed by atoms with E-state index in [4.69, 9.17) is 0 Å². The number of imide groups is 1. The van der Waals surface area contributed by atoms with Crippen LogP contribution in [0.2, 0.25) is 0 Å². The van der Waals surface area contributed by atoms with E-state index in [0.29, 0.717) is 11.3 Å². The van der Waals surface area contributed by atoms with Gasteiger partial charge in [-0.1, -0.05) is 84.9 Å². The first-order chi connectivity index (χ1) is 16.2. The van der Waals surface area contributed by atoms with Gasteiger partial charge in [0.25, 0.3) is 0 Å². The summed E-state index contributed by atoms with van der Waals surface area (Å²) in [4.78, 5) is 28.5. The highest BCUT2D eigenvalue weighted by atomic mass is 16.2. The summed E-state index contributed by atoms with van der Waals surface area (Å²) in [7, 11) is 0. The molecule has 3 aromatic carbocycles. The first-order valence-corrected chi connectivity index (χ1v) is 11.1. The molecule has 3 aliphatic rings. The van der Waals surface area contributed by atoms with Gasteiger partial charge in [-0.2, -0.15) is 5.26 Å². The van der Waals surface area contributed by atoms with Crippen molar-refractivity contribution in [3.05, 3.63) is 119 Å². The molecule has 2 amide bonds. The van der Waals surface area contributed by atoms with Crippen molar-refractivity contribution in [1.29, 1.82) is 5.26 Å². The number of fused-ring (bicyclic) bond motifs is 5. The fourth-order valence-corrected chi connectivity index (χ4v) is 5.81. The molecule has 0 spiro atoms. The van der Waals surface area contributed by atoms with Gasteiger partial charge >= 0.3 is 0 Å². The Kier molecular flexibility index (Phi) is 4.38. The number of carbonyl (C=O) groups excluding carboxylic acids is 2. The summed E-state index contributed by atoms with van der Waals surface area (Å²) in [5.41, 5.74) is 5.16. The Morgan fingerprint density at radius 2 is 1.18 bits per heavy atom. The number of amides is 2. The van der Waals surface area contributed by atoms with Gasteiger partial charge in [0.05, 0.1) is 23.1 Å². The molecule has 1 aliphatic heterocycles. The van der Waals surface area contributed by atoms with E-state index in [1.54, 1.807) is 24.3 Å².